The monoisotopic (exact) mass is 270 g/mol. The third kappa shape index (κ3) is 3.87. The van der Waals surface area contributed by atoms with Crippen molar-refractivity contribution in [1.29, 1.82) is 0 Å². The average Bonchev–Trinajstić information content (AvgIpc) is 2.38. The first-order valence-electron chi connectivity index (χ1n) is 6.19. The van der Waals surface area contributed by atoms with Crippen LogP contribution in [0.2, 0.25) is 0 Å². The number of ether oxygens (including phenoxy) is 1. The van der Waals surface area contributed by atoms with E-state index in [-0.39, 0.29) is 17.9 Å². The van der Waals surface area contributed by atoms with E-state index in [1.54, 1.807) is 0 Å². The maximum Gasteiger partial charge on any atom is 0.123 e. The van der Waals surface area contributed by atoms with Crippen LogP contribution in [0.15, 0.2) is 24.3 Å². The smallest absolute Gasteiger partial charge is 0.123 e. The van der Waals surface area contributed by atoms with Crippen LogP contribution in [0.25, 0.3) is 0 Å². The molecule has 1 aliphatic rings. The molecule has 3 nitrogen and oxygen atoms in total. The largest absolute Gasteiger partial charge is 0.492 e. The predicted octanol–water partition coefficient (Wildman–Crippen LogP) is 2.43. The molecule has 18 heavy (non-hydrogen) atoms. The molecule has 0 spiro atoms. The van der Waals surface area contributed by atoms with Gasteiger partial charge in [0.25, 0.3) is 0 Å². The minimum Gasteiger partial charge on any atom is -0.492 e. The number of para-hydroxylation sites is 1. The zero-order valence-corrected chi connectivity index (χ0v) is 12.2. The van der Waals surface area contributed by atoms with Crippen LogP contribution in [0, 0.1) is 0 Å². The van der Waals surface area contributed by atoms with Crippen LogP contribution in [0.1, 0.15) is 26.3 Å². The van der Waals surface area contributed by atoms with Crippen molar-refractivity contribution in [2.45, 2.75) is 38.9 Å². The minimum atomic E-state index is -0.173. The lowest BCUT2D eigenvalue weighted by Gasteiger charge is -2.32. The van der Waals surface area contributed by atoms with Gasteiger partial charge < -0.3 is 10.5 Å². The Labute approximate surface area is 116 Å². The number of halogens is 1. The molecular weight excluding hydrogens is 248 g/mol. The van der Waals surface area contributed by atoms with E-state index in [9.17, 15) is 0 Å². The second-order valence-electron chi connectivity index (χ2n) is 5.66. The standard InChI is InChI=1S/C14H22N2O.ClH/c1-11-9-17-13-7-5-4-6-12(13)8-16(11)10-14(2,3)15;/h4-7,11H,8-10,15H2,1-3H3;1H. The molecule has 1 atom stereocenters. The SMILES string of the molecule is CC1COc2ccccc2CN1CC(C)(C)N.Cl. The van der Waals surface area contributed by atoms with Gasteiger partial charge in [0.15, 0.2) is 0 Å². The van der Waals surface area contributed by atoms with Gasteiger partial charge in [-0.3, -0.25) is 4.90 Å². The highest BCUT2D eigenvalue weighted by atomic mass is 35.5. The fourth-order valence-electron chi connectivity index (χ4n) is 2.20. The third-order valence-electron chi connectivity index (χ3n) is 3.06. The summed E-state index contributed by atoms with van der Waals surface area (Å²) in [6.45, 7) is 8.85. The van der Waals surface area contributed by atoms with Crippen LogP contribution in [0.3, 0.4) is 0 Å². The van der Waals surface area contributed by atoms with Crippen LogP contribution < -0.4 is 10.5 Å². The van der Waals surface area contributed by atoms with E-state index in [4.69, 9.17) is 10.5 Å². The van der Waals surface area contributed by atoms with Crippen LogP contribution in [0.5, 0.6) is 5.75 Å². The van der Waals surface area contributed by atoms with Gasteiger partial charge in [-0.25, -0.2) is 0 Å². The first-order chi connectivity index (χ1) is 7.96. The molecule has 1 aromatic carbocycles. The van der Waals surface area contributed by atoms with E-state index in [0.717, 1.165) is 25.4 Å². The zero-order chi connectivity index (χ0) is 12.5. The zero-order valence-electron chi connectivity index (χ0n) is 11.3. The Kier molecular flexibility index (Phi) is 5.02. The summed E-state index contributed by atoms with van der Waals surface area (Å²) in [5.41, 5.74) is 7.19. The van der Waals surface area contributed by atoms with E-state index in [1.807, 2.05) is 12.1 Å². The molecule has 0 aliphatic carbocycles. The Morgan fingerprint density at radius 3 is 2.72 bits per heavy atom. The van der Waals surface area contributed by atoms with Gasteiger partial charge in [-0.15, -0.1) is 12.4 Å². The molecule has 102 valence electrons. The lowest BCUT2D eigenvalue weighted by Crippen LogP contribution is -2.48. The lowest BCUT2D eigenvalue weighted by molar-refractivity contribution is 0.135. The Morgan fingerprint density at radius 2 is 2.06 bits per heavy atom. The van der Waals surface area contributed by atoms with Crippen molar-refractivity contribution in [2.75, 3.05) is 13.2 Å². The number of nitrogens with zero attached hydrogens (tertiary/aromatic N) is 1. The lowest BCUT2D eigenvalue weighted by atomic mass is 10.0. The second kappa shape index (κ2) is 5.91. The minimum absolute atomic E-state index is 0. The Bertz CT molecular complexity index is 390. The maximum absolute atomic E-state index is 6.12. The summed E-state index contributed by atoms with van der Waals surface area (Å²) in [6, 6.07) is 8.64. The van der Waals surface area contributed by atoms with Gasteiger partial charge in [0.2, 0.25) is 0 Å². The fraction of sp³-hybridized carbons (Fsp3) is 0.571. The quantitative estimate of drug-likeness (QED) is 0.897. The number of rotatable bonds is 2. The topological polar surface area (TPSA) is 38.5 Å². The molecule has 1 aromatic rings. The van der Waals surface area contributed by atoms with Crippen molar-refractivity contribution in [3.63, 3.8) is 0 Å². The normalized spacial score (nSPS) is 20.3. The van der Waals surface area contributed by atoms with Crippen molar-refractivity contribution in [2.24, 2.45) is 5.73 Å². The van der Waals surface area contributed by atoms with Gasteiger partial charge >= 0.3 is 0 Å². The third-order valence-corrected chi connectivity index (χ3v) is 3.06. The average molecular weight is 271 g/mol. The molecule has 0 radical (unpaired) electrons. The van der Waals surface area contributed by atoms with Crippen LogP contribution >= 0.6 is 12.4 Å². The highest BCUT2D eigenvalue weighted by Crippen LogP contribution is 2.25. The van der Waals surface area contributed by atoms with E-state index in [1.165, 1.54) is 5.56 Å². The number of benzene rings is 1. The molecule has 0 fully saturated rings. The second-order valence-corrected chi connectivity index (χ2v) is 5.66. The molecule has 0 saturated carbocycles. The Morgan fingerprint density at radius 1 is 1.39 bits per heavy atom. The summed E-state index contributed by atoms with van der Waals surface area (Å²) in [6.07, 6.45) is 0. The molecule has 0 bridgehead atoms. The molecule has 2 N–H and O–H groups in total. The molecule has 0 aromatic heterocycles. The number of hydrogen-bond acceptors (Lipinski definition) is 3. The molecule has 2 rings (SSSR count). The first-order valence-corrected chi connectivity index (χ1v) is 6.19. The molecule has 0 amide bonds. The molecular formula is C14H23ClN2O. The predicted molar refractivity (Wildman–Crippen MR) is 77.3 cm³/mol. The highest BCUT2D eigenvalue weighted by Gasteiger charge is 2.25. The summed E-state index contributed by atoms with van der Waals surface area (Å²) < 4.78 is 5.82. The Balaban J connectivity index is 0.00000162. The summed E-state index contributed by atoms with van der Waals surface area (Å²) in [5, 5.41) is 0. The number of hydrogen-bond donors (Lipinski definition) is 1. The van der Waals surface area contributed by atoms with E-state index in [0.29, 0.717) is 6.04 Å². The van der Waals surface area contributed by atoms with Crippen molar-refractivity contribution in [1.82, 2.24) is 4.90 Å². The van der Waals surface area contributed by atoms with Crippen molar-refractivity contribution in [3.8, 4) is 5.75 Å². The van der Waals surface area contributed by atoms with E-state index < -0.39 is 0 Å². The van der Waals surface area contributed by atoms with E-state index in [2.05, 4.69) is 37.8 Å². The van der Waals surface area contributed by atoms with Gasteiger partial charge in [-0.1, -0.05) is 18.2 Å². The fourth-order valence-corrected chi connectivity index (χ4v) is 2.20. The summed E-state index contributed by atoms with van der Waals surface area (Å²) in [5.74, 6) is 1.01. The van der Waals surface area contributed by atoms with Gasteiger partial charge in [0.1, 0.15) is 12.4 Å². The summed E-state index contributed by atoms with van der Waals surface area (Å²) in [4.78, 5) is 2.39. The van der Waals surface area contributed by atoms with Crippen molar-refractivity contribution < 1.29 is 4.74 Å². The van der Waals surface area contributed by atoms with E-state index >= 15 is 0 Å². The van der Waals surface area contributed by atoms with Crippen molar-refractivity contribution >= 4 is 12.4 Å². The van der Waals surface area contributed by atoms with Crippen LogP contribution in [-0.2, 0) is 6.54 Å². The maximum atomic E-state index is 6.12. The Hall–Kier alpha value is -0.770. The van der Waals surface area contributed by atoms with Crippen molar-refractivity contribution in [3.05, 3.63) is 29.8 Å². The number of fused-ring (bicyclic) bond motifs is 1. The van der Waals surface area contributed by atoms with Crippen LogP contribution in [-0.4, -0.2) is 29.6 Å². The first kappa shape index (κ1) is 15.3. The molecule has 0 saturated heterocycles. The molecule has 1 heterocycles. The summed E-state index contributed by atoms with van der Waals surface area (Å²) >= 11 is 0. The highest BCUT2D eigenvalue weighted by molar-refractivity contribution is 5.85. The molecule has 1 aliphatic heterocycles. The van der Waals surface area contributed by atoms with Gasteiger partial charge in [0, 0.05) is 30.2 Å². The summed E-state index contributed by atoms with van der Waals surface area (Å²) in [7, 11) is 0. The number of nitrogens with two attached hydrogens (primary N) is 1. The van der Waals surface area contributed by atoms with Crippen LogP contribution in [0.4, 0.5) is 0 Å². The van der Waals surface area contributed by atoms with Gasteiger partial charge in [0.05, 0.1) is 0 Å². The molecule has 4 heteroatoms. The van der Waals surface area contributed by atoms with Gasteiger partial charge in [-0.05, 0) is 26.8 Å². The van der Waals surface area contributed by atoms with Gasteiger partial charge in [-0.2, -0.15) is 0 Å². The molecule has 1 unspecified atom stereocenters.